The summed E-state index contributed by atoms with van der Waals surface area (Å²) in [6.07, 6.45) is 2.52. The minimum absolute atomic E-state index is 0.0663. The highest BCUT2D eigenvalue weighted by Crippen LogP contribution is 2.09. The average molecular weight is 260 g/mol. The topological polar surface area (TPSA) is 121 Å². The zero-order valence-corrected chi connectivity index (χ0v) is 10.6. The normalized spacial score (nSPS) is 13.6. The Labute approximate surface area is 99.7 Å². The minimum Gasteiger partial charge on any atom is -0.396 e. The molecule has 7 nitrogen and oxygen atoms in total. The third kappa shape index (κ3) is 3.53. The van der Waals surface area contributed by atoms with Crippen molar-refractivity contribution >= 4 is 21.4 Å². The summed E-state index contributed by atoms with van der Waals surface area (Å²) in [7, 11) is -3.13. The average Bonchev–Trinajstić information content (AvgIpc) is 2.54. The van der Waals surface area contributed by atoms with Crippen LogP contribution in [-0.2, 0) is 9.84 Å². The Morgan fingerprint density at radius 1 is 1.59 bits per heavy atom. The van der Waals surface area contributed by atoms with Crippen molar-refractivity contribution in [1.82, 2.24) is 9.78 Å². The monoisotopic (exact) mass is 260 g/mol. The fourth-order valence-electron chi connectivity index (χ4n) is 1.27. The molecule has 1 rings (SSSR count). The van der Waals surface area contributed by atoms with Crippen molar-refractivity contribution in [3.05, 3.63) is 11.9 Å². The lowest BCUT2D eigenvalue weighted by Gasteiger charge is -2.10. The number of rotatable bonds is 4. The van der Waals surface area contributed by atoms with E-state index in [1.54, 1.807) is 6.92 Å². The second-order valence-corrected chi connectivity index (χ2v) is 6.22. The first-order chi connectivity index (χ1) is 7.72. The zero-order valence-electron chi connectivity index (χ0n) is 9.75. The quantitative estimate of drug-likeness (QED) is 0.729. The molecule has 0 bridgehead atoms. The molecule has 0 aliphatic rings. The molecule has 1 aromatic rings. The van der Waals surface area contributed by atoms with Gasteiger partial charge in [-0.25, -0.2) is 13.1 Å². The van der Waals surface area contributed by atoms with Crippen LogP contribution < -0.4 is 11.5 Å². The Hall–Kier alpha value is -1.41. The van der Waals surface area contributed by atoms with E-state index in [2.05, 4.69) is 5.10 Å². The van der Waals surface area contributed by atoms with Crippen molar-refractivity contribution in [2.24, 2.45) is 5.73 Å². The predicted octanol–water partition coefficient (Wildman–Crippen LogP) is -0.824. The van der Waals surface area contributed by atoms with E-state index in [1.165, 1.54) is 6.20 Å². The van der Waals surface area contributed by atoms with Gasteiger partial charge in [-0.15, -0.1) is 0 Å². The van der Waals surface area contributed by atoms with Gasteiger partial charge in [-0.2, -0.15) is 5.10 Å². The molecule has 1 heterocycles. The molecule has 0 aliphatic carbocycles. The van der Waals surface area contributed by atoms with Crippen LogP contribution in [0.5, 0.6) is 0 Å². The Balaban J connectivity index is 2.74. The molecule has 0 spiro atoms. The molecule has 17 heavy (non-hydrogen) atoms. The molecular weight excluding hydrogens is 244 g/mol. The Bertz CT molecular complexity index is 520. The summed E-state index contributed by atoms with van der Waals surface area (Å²) in [5.74, 6) is -0.585. The van der Waals surface area contributed by atoms with Gasteiger partial charge in [0.05, 0.1) is 29.4 Å². The number of anilines is 1. The number of nitrogens with two attached hydrogens (primary N) is 2. The lowest BCUT2D eigenvalue weighted by molar-refractivity contribution is 0.0859. The van der Waals surface area contributed by atoms with Gasteiger partial charge in [-0.1, -0.05) is 0 Å². The third-order valence-corrected chi connectivity index (χ3v) is 3.35. The van der Waals surface area contributed by atoms with Gasteiger partial charge in [0.15, 0.2) is 0 Å². The molecule has 1 aromatic heterocycles. The molecule has 0 aromatic carbocycles. The molecule has 1 atom stereocenters. The minimum atomic E-state index is -3.13. The van der Waals surface area contributed by atoms with Gasteiger partial charge in [0.2, 0.25) is 0 Å². The van der Waals surface area contributed by atoms with Crippen molar-refractivity contribution in [2.45, 2.75) is 19.4 Å². The number of nitrogen functional groups attached to an aromatic ring is 1. The number of hydrogen-bond donors (Lipinski definition) is 2. The van der Waals surface area contributed by atoms with Gasteiger partial charge in [0.25, 0.3) is 5.91 Å². The molecule has 8 heteroatoms. The highest BCUT2D eigenvalue weighted by atomic mass is 32.2. The summed E-state index contributed by atoms with van der Waals surface area (Å²) < 4.78 is 23.0. The predicted molar refractivity (Wildman–Crippen MR) is 64.3 cm³/mol. The maximum Gasteiger partial charge on any atom is 0.264 e. The molecule has 0 amide bonds. The summed E-state index contributed by atoms with van der Waals surface area (Å²) in [5.41, 5.74) is 12.1. The Kier molecular flexibility index (Phi) is 3.89. The molecular formula is C9H16N4O3S. The second kappa shape index (κ2) is 4.84. The number of hydrogen-bond acceptors (Lipinski definition) is 6. The first-order valence-corrected chi connectivity index (χ1v) is 7.06. The van der Waals surface area contributed by atoms with Crippen molar-refractivity contribution in [3.8, 4) is 0 Å². The van der Waals surface area contributed by atoms with E-state index < -0.39 is 21.8 Å². The van der Waals surface area contributed by atoms with Crippen LogP contribution in [0.25, 0.3) is 0 Å². The van der Waals surface area contributed by atoms with Crippen LogP contribution in [0.3, 0.4) is 0 Å². The molecule has 0 radical (unpaired) electrons. The highest BCUT2D eigenvalue weighted by Gasteiger charge is 2.20. The van der Waals surface area contributed by atoms with Crippen molar-refractivity contribution in [2.75, 3.05) is 17.7 Å². The van der Waals surface area contributed by atoms with E-state index in [-0.39, 0.29) is 12.2 Å². The first kappa shape index (κ1) is 13.7. The highest BCUT2D eigenvalue weighted by molar-refractivity contribution is 7.90. The largest absolute Gasteiger partial charge is 0.396 e. The molecule has 96 valence electrons. The van der Waals surface area contributed by atoms with Crippen LogP contribution in [0.4, 0.5) is 5.69 Å². The summed E-state index contributed by atoms with van der Waals surface area (Å²) in [6.45, 7) is 1.64. The van der Waals surface area contributed by atoms with E-state index in [1.807, 2.05) is 0 Å². The number of carbonyl (C=O) groups is 1. The lowest BCUT2D eigenvalue weighted by atomic mass is 10.2. The molecule has 0 fully saturated rings. The fourth-order valence-corrected chi connectivity index (χ4v) is 1.95. The van der Waals surface area contributed by atoms with Crippen LogP contribution in [0, 0.1) is 6.92 Å². The van der Waals surface area contributed by atoms with E-state index in [9.17, 15) is 13.2 Å². The van der Waals surface area contributed by atoms with Crippen molar-refractivity contribution in [3.63, 3.8) is 0 Å². The maximum atomic E-state index is 11.8. The van der Waals surface area contributed by atoms with E-state index in [0.717, 1.165) is 10.9 Å². The Morgan fingerprint density at radius 2 is 2.18 bits per heavy atom. The molecule has 0 unspecified atom stereocenters. The van der Waals surface area contributed by atoms with Gasteiger partial charge in [-0.05, 0) is 13.3 Å². The van der Waals surface area contributed by atoms with Crippen molar-refractivity contribution in [1.29, 1.82) is 0 Å². The summed E-state index contributed by atoms with van der Waals surface area (Å²) in [4.78, 5) is 11.8. The van der Waals surface area contributed by atoms with Crippen LogP contribution >= 0.6 is 0 Å². The number of carbonyl (C=O) groups excluding carboxylic acids is 1. The van der Waals surface area contributed by atoms with Gasteiger partial charge in [0.1, 0.15) is 9.84 Å². The number of nitrogens with zero attached hydrogens (tertiary/aromatic N) is 2. The van der Waals surface area contributed by atoms with Crippen LogP contribution in [0.1, 0.15) is 16.9 Å². The van der Waals surface area contributed by atoms with Gasteiger partial charge < -0.3 is 11.5 Å². The zero-order chi connectivity index (χ0) is 13.2. The SMILES string of the molecule is Cc1c(N)cnn1C(=O)[C@@H](N)CCS(C)(=O)=O. The molecule has 0 saturated carbocycles. The standard InChI is InChI=1S/C9H16N4O3S/c1-6-8(11)5-12-13(6)9(14)7(10)3-4-17(2,15)16/h5,7H,3-4,10-11H2,1-2H3/t7-/m0/s1. The number of sulfone groups is 1. The maximum absolute atomic E-state index is 11.8. The third-order valence-electron chi connectivity index (χ3n) is 2.37. The second-order valence-electron chi connectivity index (χ2n) is 3.96. The Morgan fingerprint density at radius 3 is 2.59 bits per heavy atom. The van der Waals surface area contributed by atoms with Gasteiger partial charge in [0, 0.05) is 6.26 Å². The lowest BCUT2D eigenvalue weighted by Crippen LogP contribution is -2.37. The van der Waals surface area contributed by atoms with Gasteiger partial charge in [-0.3, -0.25) is 4.79 Å². The summed E-state index contributed by atoms with van der Waals surface area (Å²) >= 11 is 0. The first-order valence-electron chi connectivity index (χ1n) is 5.00. The van der Waals surface area contributed by atoms with Gasteiger partial charge >= 0.3 is 0 Å². The van der Waals surface area contributed by atoms with Crippen molar-refractivity contribution < 1.29 is 13.2 Å². The molecule has 0 saturated heterocycles. The summed E-state index contributed by atoms with van der Waals surface area (Å²) in [6, 6.07) is -0.900. The summed E-state index contributed by atoms with van der Waals surface area (Å²) in [5, 5.41) is 3.79. The van der Waals surface area contributed by atoms with E-state index >= 15 is 0 Å². The fraction of sp³-hybridized carbons (Fsp3) is 0.556. The molecule has 4 N–H and O–H groups in total. The molecule has 0 aliphatic heterocycles. The van der Waals surface area contributed by atoms with Crippen LogP contribution in [0.15, 0.2) is 6.20 Å². The number of aromatic nitrogens is 2. The van der Waals surface area contributed by atoms with Crippen LogP contribution in [-0.4, -0.2) is 42.2 Å². The smallest absolute Gasteiger partial charge is 0.264 e. The van der Waals surface area contributed by atoms with E-state index in [4.69, 9.17) is 11.5 Å². The van der Waals surface area contributed by atoms with Crippen LogP contribution in [0.2, 0.25) is 0 Å². The van der Waals surface area contributed by atoms with E-state index in [0.29, 0.717) is 11.4 Å².